The average molecular weight is 475 g/mol. The van der Waals surface area contributed by atoms with Gasteiger partial charge in [-0.3, -0.25) is 9.59 Å². The Morgan fingerprint density at radius 2 is 1.62 bits per heavy atom. The first-order valence-electron chi connectivity index (χ1n) is 11.2. The van der Waals surface area contributed by atoms with Gasteiger partial charge >= 0.3 is 0 Å². The van der Waals surface area contributed by atoms with Crippen molar-refractivity contribution in [1.29, 1.82) is 0 Å². The predicted molar refractivity (Wildman–Crippen MR) is 146 cm³/mol. The van der Waals surface area contributed by atoms with E-state index < -0.39 is 6.04 Å². The Kier molecular flexibility index (Phi) is 8.88. The molecule has 2 N–H and O–H groups in total. The fraction of sp³-hybridized carbons (Fsp3) is 0.172. The molecule has 0 saturated carbocycles. The Balaban J connectivity index is 0.00000324. The van der Waals surface area contributed by atoms with Crippen LogP contribution in [-0.4, -0.2) is 17.9 Å². The van der Waals surface area contributed by atoms with Gasteiger partial charge in [0.1, 0.15) is 6.04 Å². The van der Waals surface area contributed by atoms with Crippen LogP contribution in [0.25, 0.3) is 12.2 Å². The molecule has 1 atom stereocenters. The lowest BCUT2D eigenvalue weighted by molar-refractivity contribution is -0.123. The van der Waals surface area contributed by atoms with Gasteiger partial charge in [0.15, 0.2) is 0 Å². The van der Waals surface area contributed by atoms with Crippen molar-refractivity contribution in [2.75, 3.05) is 5.32 Å². The molecule has 2 amide bonds. The van der Waals surface area contributed by atoms with Gasteiger partial charge in [0.05, 0.1) is 5.69 Å². The highest BCUT2D eigenvalue weighted by molar-refractivity contribution is 7.99. The standard InChI is InChI=1S/C29H30N2O2S.2H2/c1-5-23(24-16-10-9-13-21(24)4)28(32)31-26(19-20(2)3)29(33)30-25-17-11-12-18-27(25)34-22-14-7-6-8-15-22;;/h5-18,20,26H,1,4,19H2,2-3H3,(H,30,33)(H,31,32);2*1H/b24-23+;;. The highest BCUT2D eigenvalue weighted by Gasteiger charge is 2.24. The number of anilines is 1. The number of carbonyl (C=O) groups is 2. The van der Waals surface area contributed by atoms with E-state index in [-0.39, 0.29) is 20.6 Å². The van der Waals surface area contributed by atoms with Gasteiger partial charge in [0, 0.05) is 18.2 Å². The number of rotatable bonds is 9. The van der Waals surface area contributed by atoms with Crippen molar-refractivity contribution in [3.05, 3.63) is 102 Å². The first-order chi connectivity index (χ1) is 16.4. The zero-order valence-electron chi connectivity index (χ0n) is 19.6. The number of nitrogens with one attached hydrogen (secondary N) is 2. The molecule has 3 rings (SSSR count). The highest BCUT2D eigenvalue weighted by atomic mass is 32.2. The monoisotopic (exact) mass is 474 g/mol. The van der Waals surface area contributed by atoms with Gasteiger partial charge in [-0.25, -0.2) is 0 Å². The predicted octanol–water partition coefficient (Wildman–Crippen LogP) is 5.25. The smallest absolute Gasteiger partial charge is 0.252 e. The van der Waals surface area contributed by atoms with Crippen LogP contribution >= 0.6 is 11.8 Å². The third-order valence-corrected chi connectivity index (χ3v) is 6.28. The Labute approximate surface area is 208 Å². The quantitative estimate of drug-likeness (QED) is 0.446. The van der Waals surface area contributed by atoms with Crippen LogP contribution in [0.2, 0.25) is 0 Å². The van der Waals surface area contributed by atoms with E-state index in [0.29, 0.717) is 22.9 Å². The molecule has 0 radical (unpaired) electrons. The van der Waals surface area contributed by atoms with Gasteiger partial charge in [-0.1, -0.05) is 99.4 Å². The number of hydrogen-bond donors (Lipinski definition) is 2. The van der Waals surface area contributed by atoms with E-state index in [9.17, 15) is 9.59 Å². The molecular weight excluding hydrogens is 440 g/mol. The SMILES string of the molecule is C=C/C(C(=O)NC(CC(C)C)C(=O)Nc1ccccc1Sc1ccccc1)=c1/ccccc1=C.[HH].[HH]. The maximum absolute atomic E-state index is 13.3. The van der Waals surface area contributed by atoms with Gasteiger partial charge in [-0.15, -0.1) is 0 Å². The minimum Gasteiger partial charge on any atom is -0.340 e. The average Bonchev–Trinajstić information content (AvgIpc) is 2.82. The molecule has 0 spiro atoms. The summed E-state index contributed by atoms with van der Waals surface area (Å²) in [5, 5.41) is 7.37. The summed E-state index contributed by atoms with van der Waals surface area (Å²) in [5.74, 6) is -0.398. The van der Waals surface area contributed by atoms with Crippen molar-refractivity contribution < 1.29 is 12.4 Å². The van der Waals surface area contributed by atoms with Crippen molar-refractivity contribution >= 4 is 41.4 Å². The van der Waals surface area contributed by atoms with Crippen LogP contribution in [0.1, 0.15) is 23.1 Å². The van der Waals surface area contributed by atoms with Crippen molar-refractivity contribution in [3.8, 4) is 0 Å². The molecule has 0 aromatic heterocycles. The third-order valence-electron chi connectivity index (χ3n) is 5.20. The lowest BCUT2D eigenvalue weighted by atomic mass is 10.0. The Morgan fingerprint density at radius 3 is 2.29 bits per heavy atom. The van der Waals surface area contributed by atoms with Gasteiger partial charge in [-0.2, -0.15) is 0 Å². The maximum Gasteiger partial charge on any atom is 0.252 e. The van der Waals surface area contributed by atoms with Crippen LogP contribution in [-0.2, 0) is 9.59 Å². The molecule has 4 nitrogen and oxygen atoms in total. The Bertz CT molecular complexity index is 1280. The van der Waals surface area contributed by atoms with Gasteiger partial charge in [0.2, 0.25) is 5.91 Å². The van der Waals surface area contributed by atoms with Gasteiger partial charge in [-0.05, 0) is 47.0 Å². The van der Waals surface area contributed by atoms with E-state index in [1.54, 1.807) is 11.8 Å². The number of para-hydroxylation sites is 1. The molecule has 3 aromatic carbocycles. The third kappa shape index (κ3) is 6.72. The van der Waals surface area contributed by atoms with E-state index in [1.165, 1.54) is 6.08 Å². The molecule has 34 heavy (non-hydrogen) atoms. The summed E-state index contributed by atoms with van der Waals surface area (Å²) in [6, 6.07) is 24.3. The molecule has 0 bridgehead atoms. The van der Waals surface area contributed by atoms with Crippen molar-refractivity contribution in [2.45, 2.75) is 36.1 Å². The van der Waals surface area contributed by atoms with E-state index in [0.717, 1.165) is 15.0 Å². The van der Waals surface area contributed by atoms with Crippen LogP contribution < -0.4 is 21.1 Å². The van der Waals surface area contributed by atoms with Crippen LogP contribution in [0.15, 0.2) is 101 Å². The van der Waals surface area contributed by atoms with Gasteiger partial charge < -0.3 is 10.6 Å². The summed E-state index contributed by atoms with van der Waals surface area (Å²) in [5.41, 5.74) is 1.10. The van der Waals surface area contributed by atoms with Crippen LogP contribution in [0.4, 0.5) is 5.69 Å². The number of hydrogen-bond acceptors (Lipinski definition) is 3. The molecule has 0 aliphatic carbocycles. The molecule has 178 valence electrons. The minimum absolute atomic E-state index is 0. The molecule has 0 aliphatic rings. The molecule has 1 unspecified atom stereocenters. The van der Waals surface area contributed by atoms with E-state index in [2.05, 4.69) is 23.8 Å². The lowest BCUT2D eigenvalue weighted by Crippen LogP contribution is -2.46. The number of benzene rings is 3. The minimum atomic E-state index is -0.700. The fourth-order valence-electron chi connectivity index (χ4n) is 3.54. The summed E-state index contributed by atoms with van der Waals surface area (Å²) < 4.78 is 0. The normalized spacial score (nSPS) is 12.6. The molecule has 3 aromatic rings. The van der Waals surface area contributed by atoms with Crippen LogP contribution in [0.3, 0.4) is 0 Å². The first-order valence-corrected chi connectivity index (χ1v) is 12.0. The molecule has 0 saturated heterocycles. The largest absolute Gasteiger partial charge is 0.340 e. The molecular formula is C29H34N2O2S. The molecule has 5 heteroatoms. The first kappa shape index (κ1) is 25.1. The fourth-order valence-corrected chi connectivity index (χ4v) is 4.46. The molecule has 0 fully saturated rings. The summed E-state index contributed by atoms with van der Waals surface area (Å²) in [7, 11) is 0. The Hall–Kier alpha value is -3.57. The number of amides is 2. The highest BCUT2D eigenvalue weighted by Crippen LogP contribution is 2.33. The lowest BCUT2D eigenvalue weighted by Gasteiger charge is -2.21. The second-order valence-corrected chi connectivity index (χ2v) is 9.45. The summed E-state index contributed by atoms with van der Waals surface area (Å²) >= 11 is 1.58. The second kappa shape index (κ2) is 12.1. The Morgan fingerprint density at radius 1 is 0.971 bits per heavy atom. The number of carbonyl (C=O) groups excluding carboxylic acids is 2. The van der Waals surface area contributed by atoms with Crippen molar-refractivity contribution in [1.82, 2.24) is 5.32 Å². The zero-order chi connectivity index (χ0) is 24.5. The van der Waals surface area contributed by atoms with Gasteiger partial charge in [0.25, 0.3) is 5.91 Å². The maximum atomic E-state index is 13.3. The van der Waals surface area contributed by atoms with Crippen LogP contribution in [0.5, 0.6) is 0 Å². The van der Waals surface area contributed by atoms with Crippen LogP contribution in [0, 0.1) is 5.92 Å². The van der Waals surface area contributed by atoms with E-state index in [1.807, 2.05) is 92.7 Å². The summed E-state index contributed by atoms with van der Waals surface area (Å²) in [6.45, 7) is 11.9. The topological polar surface area (TPSA) is 58.2 Å². The van der Waals surface area contributed by atoms with E-state index in [4.69, 9.17) is 0 Å². The zero-order valence-corrected chi connectivity index (χ0v) is 20.4. The van der Waals surface area contributed by atoms with Crippen molar-refractivity contribution in [3.63, 3.8) is 0 Å². The summed E-state index contributed by atoms with van der Waals surface area (Å²) in [6.07, 6.45) is 2.01. The van der Waals surface area contributed by atoms with Crippen molar-refractivity contribution in [2.24, 2.45) is 5.92 Å². The van der Waals surface area contributed by atoms with E-state index >= 15 is 0 Å². The molecule has 0 heterocycles. The second-order valence-electron chi connectivity index (χ2n) is 8.33. The molecule has 0 aliphatic heterocycles. The summed E-state index contributed by atoms with van der Waals surface area (Å²) in [4.78, 5) is 28.5.